The molecular weight excluding hydrogens is 274 g/mol. The van der Waals surface area contributed by atoms with E-state index in [9.17, 15) is 4.91 Å². The van der Waals surface area contributed by atoms with E-state index in [4.69, 9.17) is 11.6 Å². The monoisotopic (exact) mass is 291 g/mol. The zero-order valence-corrected chi connectivity index (χ0v) is 12.2. The van der Waals surface area contributed by atoms with Crippen molar-refractivity contribution in [2.75, 3.05) is 7.05 Å². The molecule has 20 heavy (non-hydrogen) atoms. The van der Waals surface area contributed by atoms with E-state index in [1.54, 1.807) is 12.1 Å². The van der Waals surface area contributed by atoms with Gasteiger partial charge in [-0.3, -0.25) is 5.01 Å². The molecule has 2 unspecified atom stereocenters. The molecule has 0 radical (unpaired) electrons. The standard InChI is InChI=1S/C15H18ClN3O/c1-19(18-20)12-4-2-3-10(7-12)14-9-17-15-6-5-11(16)8-13(14)15/h5-6,8-10,12,17H,2-4,7H2,1H3. The highest BCUT2D eigenvalue weighted by Gasteiger charge is 2.27. The van der Waals surface area contributed by atoms with Crippen molar-refractivity contribution in [3.05, 3.63) is 39.9 Å². The summed E-state index contributed by atoms with van der Waals surface area (Å²) in [6.45, 7) is 0. The van der Waals surface area contributed by atoms with Gasteiger partial charge in [-0.25, -0.2) is 0 Å². The molecule has 0 aliphatic heterocycles. The third-order valence-corrected chi connectivity index (χ3v) is 4.65. The van der Waals surface area contributed by atoms with Gasteiger partial charge in [0.2, 0.25) is 0 Å². The van der Waals surface area contributed by atoms with Crippen LogP contribution in [0.25, 0.3) is 10.9 Å². The number of nitrogens with zero attached hydrogens (tertiary/aromatic N) is 2. The number of benzene rings is 1. The summed E-state index contributed by atoms with van der Waals surface area (Å²) < 4.78 is 0. The second kappa shape index (κ2) is 5.44. The van der Waals surface area contributed by atoms with Crippen molar-refractivity contribution in [2.24, 2.45) is 5.29 Å². The molecule has 1 N–H and O–H groups in total. The van der Waals surface area contributed by atoms with Crippen molar-refractivity contribution in [3.8, 4) is 0 Å². The van der Waals surface area contributed by atoms with E-state index >= 15 is 0 Å². The van der Waals surface area contributed by atoms with Crippen LogP contribution in [-0.4, -0.2) is 23.1 Å². The van der Waals surface area contributed by atoms with E-state index in [0.29, 0.717) is 5.92 Å². The van der Waals surface area contributed by atoms with Gasteiger partial charge in [0.05, 0.1) is 11.3 Å². The molecule has 1 fully saturated rings. The first-order valence-corrected chi connectivity index (χ1v) is 7.39. The minimum atomic E-state index is 0.246. The Hall–Kier alpha value is -1.55. The van der Waals surface area contributed by atoms with Crippen LogP contribution in [0.3, 0.4) is 0 Å². The number of aromatic nitrogens is 1. The van der Waals surface area contributed by atoms with Gasteiger partial charge in [0.1, 0.15) is 0 Å². The van der Waals surface area contributed by atoms with E-state index in [1.807, 2.05) is 18.2 Å². The zero-order chi connectivity index (χ0) is 14.1. The number of nitrogens with one attached hydrogen (secondary N) is 1. The quantitative estimate of drug-likeness (QED) is 0.670. The molecule has 1 aliphatic rings. The summed E-state index contributed by atoms with van der Waals surface area (Å²) in [7, 11) is 1.77. The van der Waals surface area contributed by atoms with Crippen LogP contribution >= 0.6 is 11.6 Å². The molecule has 0 spiro atoms. The maximum Gasteiger partial charge on any atom is 0.0523 e. The summed E-state index contributed by atoms with van der Waals surface area (Å²) in [5.41, 5.74) is 2.43. The van der Waals surface area contributed by atoms with Crippen LogP contribution in [0.2, 0.25) is 5.02 Å². The molecule has 4 nitrogen and oxygen atoms in total. The van der Waals surface area contributed by atoms with Gasteiger partial charge in [-0.1, -0.05) is 18.0 Å². The molecule has 1 aromatic heterocycles. The van der Waals surface area contributed by atoms with Crippen molar-refractivity contribution in [3.63, 3.8) is 0 Å². The molecule has 1 saturated carbocycles. The highest BCUT2D eigenvalue weighted by molar-refractivity contribution is 6.31. The lowest BCUT2D eigenvalue weighted by Gasteiger charge is -2.32. The van der Waals surface area contributed by atoms with Gasteiger partial charge in [0.15, 0.2) is 0 Å². The maximum absolute atomic E-state index is 10.7. The molecule has 2 aromatic rings. The molecule has 1 aliphatic carbocycles. The molecule has 3 rings (SSSR count). The molecule has 1 aromatic carbocycles. The third-order valence-electron chi connectivity index (χ3n) is 4.42. The number of fused-ring (bicyclic) bond motifs is 1. The lowest BCUT2D eigenvalue weighted by atomic mass is 9.81. The van der Waals surface area contributed by atoms with Crippen molar-refractivity contribution in [1.29, 1.82) is 0 Å². The Kier molecular flexibility index (Phi) is 3.66. The average molecular weight is 292 g/mol. The van der Waals surface area contributed by atoms with Gasteiger partial charge in [-0.2, -0.15) is 0 Å². The molecule has 5 heteroatoms. The van der Waals surface area contributed by atoms with Crippen LogP contribution in [-0.2, 0) is 0 Å². The fourth-order valence-electron chi connectivity index (χ4n) is 3.30. The van der Waals surface area contributed by atoms with Gasteiger partial charge >= 0.3 is 0 Å². The van der Waals surface area contributed by atoms with Crippen LogP contribution in [0.15, 0.2) is 29.7 Å². The lowest BCUT2D eigenvalue weighted by Crippen LogP contribution is -2.31. The highest BCUT2D eigenvalue weighted by Crippen LogP contribution is 2.38. The Labute approximate surface area is 123 Å². The Morgan fingerprint density at radius 3 is 3.05 bits per heavy atom. The highest BCUT2D eigenvalue weighted by atomic mass is 35.5. The smallest absolute Gasteiger partial charge is 0.0523 e. The van der Waals surface area contributed by atoms with Crippen LogP contribution < -0.4 is 0 Å². The van der Waals surface area contributed by atoms with Gasteiger partial charge in [0.25, 0.3) is 0 Å². The van der Waals surface area contributed by atoms with Crippen molar-refractivity contribution >= 4 is 22.5 Å². The Morgan fingerprint density at radius 1 is 1.40 bits per heavy atom. The van der Waals surface area contributed by atoms with Crippen molar-refractivity contribution in [2.45, 2.75) is 37.6 Å². The molecule has 106 valence electrons. The summed E-state index contributed by atoms with van der Waals surface area (Å²) >= 11 is 6.11. The number of hydrogen-bond acceptors (Lipinski definition) is 2. The topological polar surface area (TPSA) is 48.5 Å². The van der Waals surface area contributed by atoms with Crippen molar-refractivity contribution < 1.29 is 0 Å². The second-order valence-electron chi connectivity index (χ2n) is 5.61. The Morgan fingerprint density at radius 2 is 2.25 bits per heavy atom. The van der Waals surface area contributed by atoms with Crippen molar-refractivity contribution in [1.82, 2.24) is 9.99 Å². The van der Waals surface area contributed by atoms with Gasteiger partial charge in [0, 0.05) is 29.2 Å². The van der Waals surface area contributed by atoms with E-state index in [2.05, 4.69) is 16.5 Å². The second-order valence-corrected chi connectivity index (χ2v) is 6.04. The van der Waals surface area contributed by atoms with Gasteiger partial charge < -0.3 is 4.98 Å². The van der Waals surface area contributed by atoms with E-state index < -0.39 is 0 Å². The fourth-order valence-corrected chi connectivity index (χ4v) is 3.48. The van der Waals surface area contributed by atoms with Crippen LogP contribution in [0.4, 0.5) is 0 Å². The first-order valence-electron chi connectivity index (χ1n) is 7.01. The first-order chi connectivity index (χ1) is 9.69. The van der Waals surface area contributed by atoms with Gasteiger partial charge in [-0.05, 0) is 48.9 Å². The summed E-state index contributed by atoms with van der Waals surface area (Å²) in [5, 5.41) is 6.58. The Balaban J connectivity index is 1.90. The van der Waals surface area contributed by atoms with E-state index in [-0.39, 0.29) is 6.04 Å². The predicted molar refractivity (Wildman–Crippen MR) is 81.9 cm³/mol. The third kappa shape index (κ3) is 2.40. The molecule has 0 saturated heterocycles. The van der Waals surface area contributed by atoms with Crippen LogP contribution in [0.1, 0.15) is 37.2 Å². The molecule has 1 heterocycles. The SMILES string of the molecule is CN(N=O)C1CCCC(c2c[nH]c3ccc(Cl)cc23)C1. The number of nitroso groups, excluding NO2 is 1. The molecule has 2 atom stereocenters. The van der Waals surface area contributed by atoms with Gasteiger partial charge in [-0.15, -0.1) is 4.91 Å². The Bertz CT molecular complexity index is 625. The molecule has 0 bridgehead atoms. The molecular formula is C15H18ClN3O. The fraction of sp³-hybridized carbons (Fsp3) is 0.467. The van der Waals surface area contributed by atoms with Crippen LogP contribution in [0, 0.1) is 4.91 Å². The summed E-state index contributed by atoms with van der Waals surface area (Å²) in [6, 6.07) is 6.18. The minimum absolute atomic E-state index is 0.246. The van der Waals surface area contributed by atoms with E-state index in [0.717, 1.165) is 36.2 Å². The average Bonchev–Trinajstić information content (AvgIpc) is 2.89. The maximum atomic E-state index is 10.7. The normalized spacial score (nSPS) is 22.9. The number of rotatable bonds is 3. The minimum Gasteiger partial charge on any atom is -0.361 e. The molecule has 0 amide bonds. The first kappa shape index (κ1) is 13.4. The number of aromatic amines is 1. The zero-order valence-electron chi connectivity index (χ0n) is 11.5. The van der Waals surface area contributed by atoms with Crippen LogP contribution in [0.5, 0.6) is 0 Å². The summed E-state index contributed by atoms with van der Waals surface area (Å²) in [6.07, 6.45) is 6.39. The lowest BCUT2D eigenvalue weighted by molar-refractivity contribution is 0.184. The van der Waals surface area contributed by atoms with E-state index in [1.165, 1.54) is 10.9 Å². The largest absolute Gasteiger partial charge is 0.361 e. The number of hydrogen-bond donors (Lipinski definition) is 1. The summed E-state index contributed by atoms with van der Waals surface area (Å²) in [4.78, 5) is 14.0. The number of halogens is 1. The summed E-state index contributed by atoms with van der Waals surface area (Å²) in [5.74, 6) is 0.463. The number of H-pyrrole nitrogens is 1. The predicted octanol–water partition coefficient (Wildman–Crippen LogP) is 4.46.